The average Bonchev–Trinajstić information content (AvgIpc) is 3.56. The Balaban J connectivity index is 1.57. The molecular weight excluding hydrogens is 639 g/mol. The van der Waals surface area contributed by atoms with Crippen LogP contribution in [-0.2, 0) is 42.0 Å². The van der Waals surface area contributed by atoms with Crippen molar-refractivity contribution in [1.29, 1.82) is 0 Å². The third-order valence-electron chi connectivity index (χ3n) is 6.79. The van der Waals surface area contributed by atoms with Gasteiger partial charge in [0.2, 0.25) is 0 Å². The Morgan fingerprint density at radius 2 is 1.09 bits per heavy atom. The van der Waals surface area contributed by atoms with Gasteiger partial charge in [-0.15, -0.1) is 22.7 Å². The molecule has 0 radical (unpaired) electrons. The first-order valence-electron chi connectivity index (χ1n) is 13.0. The van der Waals surface area contributed by atoms with Gasteiger partial charge in [0.1, 0.15) is 0 Å². The summed E-state index contributed by atoms with van der Waals surface area (Å²) in [4.78, 5) is 27.3. The quantitative estimate of drug-likeness (QED) is 0.153. The molecule has 226 valence electrons. The van der Waals surface area contributed by atoms with Crippen LogP contribution in [0.25, 0.3) is 41.8 Å². The van der Waals surface area contributed by atoms with Gasteiger partial charge in [-0.05, 0) is 81.7 Å². The molecule has 0 saturated carbocycles. The molecule has 1 atom stereocenters. The predicted octanol–water partition coefficient (Wildman–Crippen LogP) is 6.08. The number of aliphatic carboxylic acids is 2. The number of hydrogen-bond donors (Lipinski definition) is 3. The van der Waals surface area contributed by atoms with Gasteiger partial charge in [0, 0.05) is 30.7 Å². The molecule has 1 unspecified atom stereocenters. The second-order valence-electron chi connectivity index (χ2n) is 10.2. The Morgan fingerprint density at radius 3 is 1.45 bits per heavy atom. The molecule has 0 aliphatic heterocycles. The Hall–Kier alpha value is -4.07. The van der Waals surface area contributed by atoms with Crippen LogP contribution < -0.4 is 5.14 Å². The molecular formula is C32H27NO7S4. The maximum atomic E-state index is 12.1. The molecule has 5 rings (SSSR count). The number of carbonyl (C=O) groups is 2. The fourth-order valence-electron chi connectivity index (χ4n) is 4.74. The number of thiophene rings is 2. The van der Waals surface area contributed by atoms with Crippen molar-refractivity contribution < 1.29 is 32.4 Å². The fourth-order valence-corrected chi connectivity index (χ4v) is 8.33. The van der Waals surface area contributed by atoms with Crippen LogP contribution in [0.3, 0.4) is 0 Å². The molecule has 44 heavy (non-hydrogen) atoms. The van der Waals surface area contributed by atoms with E-state index in [1.807, 2.05) is 36.4 Å². The Bertz CT molecular complexity index is 1960. The third kappa shape index (κ3) is 7.01. The van der Waals surface area contributed by atoms with Crippen molar-refractivity contribution in [3.63, 3.8) is 0 Å². The predicted molar refractivity (Wildman–Crippen MR) is 177 cm³/mol. The van der Waals surface area contributed by atoms with Gasteiger partial charge in [0.15, 0.2) is 9.84 Å². The summed E-state index contributed by atoms with van der Waals surface area (Å²) in [6, 6.07) is 24.5. The number of nitrogens with two attached hydrogens (primary N) is 1. The first-order valence-corrected chi connectivity index (χ1v) is 18.4. The molecule has 12 heteroatoms. The number of carboxylic acids is 2. The van der Waals surface area contributed by atoms with Crippen LogP contribution in [0, 0.1) is 0 Å². The minimum atomic E-state index is -3.36. The molecule has 0 bridgehead atoms. The third-order valence-corrected chi connectivity index (χ3v) is 11.5. The highest BCUT2D eigenvalue weighted by Gasteiger charge is 2.19. The first-order chi connectivity index (χ1) is 20.7. The monoisotopic (exact) mass is 665 g/mol. The van der Waals surface area contributed by atoms with Crippen molar-refractivity contribution in [1.82, 2.24) is 0 Å². The fraction of sp³-hybridized carbons (Fsp3) is 0.0938. The number of benzene rings is 3. The van der Waals surface area contributed by atoms with Crippen molar-refractivity contribution in [2.75, 3.05) is 6.26 Å². The lowest BCUT2D eigenvalue weighted by Crippen LogP contribution is -2.11. The molecule has 8 nitrogen and oxygen atoms in total. The van der Waals surface area contributed by atoms with E-state index in [2.05, 4.69) is 5.87 Å². The Labute approximate surface area is 263 Å². The topological polar surface area (TPSA) is 152 Å². The standard InChI is InChI=1S/C32H27NO7S4/c1-43(33,38)25-10-6-19(7-11-25)27-15-23(17-29(34)35)31(41-27)21-4-3-5-22(14-21)32-24(18-30(36)37)16-28(42-32)20-8-12-26(13-9-20)44(2,39)40/h3-16H,1,17-18H2,2H3,(H2,33,38)(H,34,35)(H,36,37). The molecule has 2 aromatic heterocycles. The van der Waals surface area contributed by atoms with Gasteiger partial charge >= 0.3 is 11.9 Å². The Morgan fingerprint density at radius 1 is 0.682 bits per heavy atom. The van der Waals surface area contributed by atoms with E-state index in [1.54, 1.807) is 36.4 Å². The lowest BCUT2D eigenvalue weighted by Gasteiger charge is -2.07. The van der Waals surface area contributed by atoms with E-state index in [0.29, 0.717) is 16.0 Å². The molecule has 2 heterocycles. The maximum Gasteiger partial charge on any atom is 0.307 e. The lowest BCUT2D eigenvalue weighted by molar-refractivity contribution is -0.137. The van der Waals surface area contributed by atoms with Crippen LogP contribution in [0.1, 0.15) is 11.1 Å². The summed E-state index contributed by atoms with van der Waals surface area (Å²) in [5.41, 5.74) is 4.37. The molecule has 0 aliphatic rings. The molecule has 5 aromatic rings. The molecule has 3 aromatic carbocycles. The van der Waals surface area contributed by atoms with Gasteiger partial charge in [0.05, 0.1) is 27.4 Å². The molecule has 0 aliphatic carbocycles. The Kier molecular flexibility index (Phi) is 8.65. The van der Waals surface area contributed by atoms with Gasteiger partial charge in [-0.2, -0.15) is 0 Å². The van der Waals surface area contributed by atoms with E-state index < -0.39 is 31.5 Å². The zero-order valence-corrected chi connectivity index (χ0v) is 26.6. The van der Waals surface area contributed by atoms with E-state index in [9.17, 15) is 32.4 Å². The van der Waals surface area contributed by atoms with Gasteiger partial charge in [0.25, 0.3) is 0 Å². The number of sulfone groups is 1. The van der Waals surface area contributed by atoms with Crippen LogP contribution in [0.5, 0.6) is 0 Å². The van der Waals surface area contributed by atoms with E-state index in [1.165, 1.54) is 34.8 Å². The van der Waals surface area contributed by atoms with Crippen LogP contribution in [0.4, 0.5) is 0 Å². The maximum absolute atomic E-state index is 12.1. The highest BCUT2D eigenvalue weighted by molar-refractivity contribution is 7.98. The molecule has 0 amide bonds. The van der Waals surface area contributed by atoms with Crippen molar-refractivity contribution in [2.24, 2.45) is 5.14 Å². The van der Waals surface area contributed by atoms with E-state index >= 15 is 0 Å². The minimum Gasteiger partial charge on any atom is -0.481 e. The van der Waals surface area contributed by atoms with Crippen molar-refractivity contribution in [3.05, 3.63) is 96.1 Å². The van der Waals surface area contributed by atoms with E-state index in [4.69, 9.17) is 5.14 Å². The highest BCUT2D eigenvalue weighted by atomic mass is 32.2. The minimum absolute atomic E-state index is 0.194. The van der Waals surface area contributed by atoms with Crippen molar-refractivity contribution in [3.8, 4) is 41.8 Å². The van der Waals surface area contributed by atoms with Crippen LogP contribution in [0.15, 0.2) is 94.7 Å². The normalized spacial score (nSPS) is 13.0. The second kappa shape index (κ2) is 12.1. The number of hydrogen-bond acceptors (Lipinski definition) is 7. The van der Waals surface area contributed by atoms with E-state index in [-0.39, 0.29) is 17.7 Å². The van der Waals surface area contributed by atoms with Crippen LogP contribution in [0.2, 0.25) is 0 Å². The van der Waals surface area contributed by atoms with Gasteiger partial charge < -0.3 is 10.2 Å². The number of rotatable bonds is 10. The first kappa shape index (κ1) is 31.4. The molecule has 0 fully saturated rings. The van der Waals surface area contributed by atoms with Crippen LogP contribution >= 0.6 is 22.7 Å². The lowest BCUT2D eigenvalue weighted by atomic mass is 10.0. The zero-order chi connectivity index (χ0) is 31.8. The van der Waals surface area contributed by atoms with Gasteiger partial charge in [-0.3, -0.25) is 14.7 Å². The number of carboxylic acid groups (broad SMARTS) is 2. The zero-order valence-electron chi connectivity index (χ0n) is 23.4. The van der Waals surface area contributed by atoms with Crippen LogP contribution in [-0.4, -0.2) is 46.9 Å². The summed E-state index contributed by atoms with van der Waals surface area (Å²) < 4.78 is 35.9. The summed E-state index contributed by atoms with van der Waals surface area (Å²) in [6.07, 6.45) is 0.741. The highest BCUT2D eigenvalue weighted by Crippen LogP contribution is 2.43. The summed E-state index contributed by atoms with van der Waals surface area (Å²) in [5.74, 6) is 1.55. The summed E-state index contributed by atoms with van der Waals surface area (Å²) in [7, 11) is -6.22. The molecule has 0 spiro atoms. The van der Waals surface area contributed by atoms with Gasteiger partial charge in [-0.25, -0.2) is 12.6 Å². The smallest absolute Gasteiger partial charge is 0.307 e. The van der Waals surface area contributed by atoms with Crippen molar-refractivity contribution >= 4 is 60.0 Å². The van der Waals surface area contributed by atoms with Crippen molar-refractivity contribution in [2.45, 2.75) is 22.6 Å². The molecule has 0 saturated heterocycles. The van der Waals surface area contributed by atoms with Gasteiger partial charge in [-0.1, -0.05) is 42.5 Å². The summed E-state index contributed by atoms with van der Waals surface area (Å²) in [5, 5.41) is 24.9. The molecule has 4 N–H and O–H groups in total. The van der Waals surface area contributed by atoms with E-state index in [0.717, 1.165) is 48.0 Å². The largest absolute Gasteiger partial charge is 0.481 e. The second-order valence-corrected chi connectivity index (χ2v) is 16.2. The summed E-state index contributed by atoms with van der Waals surface area (Å²) in [6.45, 7) is 0. The summed E-state index contributed by atoms with van der Waals surface area (Å²) >= 11 is 2.83. The average molecular weight is 666 g/mol. The SMILES string of the molecule is C=S(N)(=O)c1ccc(-c2cc(CC(=O)O)c(-c3cccc(-c4sc(-c5ccc(S(C)(=O)=O)cc5)cc4CC(=O)O)c3)s2)cc1.